The molecule has 3 rings (SSSR count). The van der Waals surface area contributed by atoms with E-state index in [0.29, 0.717) is 5.92 Å². The highest BCUT2D eigenvalue weighted by molar-refractivity contribution is 5.98. The molecule has 0 aromatic heterocycles. The minimum Gasteiger partial charge on any atom is -0.340 e. The first-order chi connectivity index (χ1) is 9.59. The first kappa shape index (κ1) is 13.9. The molecule has 3 fully saturated rings. The predicted octanol–water partition coefficient (Wildman–Crippen LogP) is 2.08. The van der Waals surface area contributed by atoms with Crippen molar-refractivity contribution in [2.75, 3.05) is 13.1 Å². The van der Waals surface area contributed by atoms with Gasteiger partial charge in [0, 0.05) is 6.54 Å². The summed E-state index contributed by atoms with van der Waals surface area (Å²) in [5.74, 6) is 1.38. The van der Waals surface area contributed by atoms with Gasteiger partial charge < -0.3 is 10.2 Å². The minimum absolute atomic E-state index is 0.0138. The van der Waals surface area contributed by atoms with E-state index in [1.165, 1.54) is 32.1 Å². The largest absolute Gasteiger partial charge is 0.340 e. The van der Waals surface area contributed by atoms with Gasteiger partial charge >= 0.3 is 0 Å². The number of amides is 2. The monoisotopic (exact) mass is 278 g/mol. The number of piperazine rings is 1. The van der Waals surface area contributed by atoms with E-state index in [-0.39, 0.29) is 18.4 Å². The second kappa shape index (κ2) is 5.38. The third-order valence-corrected chi connectivity index (χ3v) is 5.37. The zero-order valence-electron chi connectivity index (χ0n) is 12.5. The molecule has 1 heterocycles. The maximum Gasteiger partial charge on any atom is 0.248 e. The van der Waals surface area contributed by atoms with Crippen LogP contribution in [0.1, 0.15) is 58.3 Å². The number of hydrogen-bond donors (Lipinski definition) is 1. The van der Waals surface area contributed by atoms with Gasteiger partial charge in [0.2, 0.25) is 11.8 Å². The second-order valence-corrected chi connectivity index (χ2v) is 7.04. The van der Waals surface area contributed by atoms with Crippen molar-refractivity contribution in [1.29, 1.82) is 0 Å². The minimum atomic E-state index is -0.622. The summed E-state index contributed by atoms with van der Waals surface area (Å²) >= 11 is 0. The van der Waals surface area contributed by atoms with Gasteiger partial charge in [-0.05, 0) is 44.4 Å². The smallest absolute Gasteiger partial charge is 0.248 e. The van der Waals surface area contributed by atoms with Crippen molar-refractivity contribution in [2.24, 2.45) is 11.8 Å². The molecule has 0 bridgehead atoms. The summed E-state index contributed by atoms with van der Waals surface area (Å²) in [6.07, 6.45) is 9.85. The predicted molar refractivity (Wildman–Crippen MR) is 77.0 cm³/mol. The lowest BCUT2D eigenvalue weighted by atomic mass is 9.91. The van der Waals surface area contributed by atoms with Crippen molar-refractivity contribution in [1.82, 2.24) is 10.2 Å². The molecule has 1 saturated heterocycles. The molecule has 4 heteroatoms. The maximum atomic E-state index is 12.6. The van der Waals surface area contributed by atoms with Crippen LogP contribution in [0.15, 0.2) is 0 Å². The van der Waals surface area contributed by atoms with Crippen LogP contribution in [0.3, 0.4) is 0 Å². The van der Waals surface area contributed by atoms with Crippen molar-refractivity contribution in [2.45, 2.75) is 63.8 Å². The molecular weight excluding hydrogens is 252 g/mol. The van der Waals surface area contributed by atoms with Gasteiger partial charge in [0.05, 0.1) is 6.54 Å². The fourth-order valence-corrected chi connectivity index (χ4v) is 3.94. The highest BCUT2D eigenvalue weighted by Gasteiger charge is 2.52. The number of hydrogen-bond acceptors (Lipinski definition) is 2. The average molecular weight is 278 g/mol. The summed E-state index contributed by atoms with van der Waals surface area (Å²) in [4.78, 5) is 26.3. The Balaban J connectivity index is 1.54. The Kier molecular flexibility index (Phi) is 3.74. The molecule has 1 atom stereocenters. The molecule has 0 spiro atoms. The quantitative estimate of drug-likeness (QED) is 0.837. The van der Waals surface area contributed by atoms with Gasteiger partial charge in [-0.25, -0.2) is 0 Å². The first-order valence-electron chi connectivity index (χ1n) is 8.20. The second-order valence-electron chi connectivity index (χ2n) is 7.04. The maximum absolute atomic E-state index is 12.6. The van der Waals surface area contributed by atoms with Crippen LogP contribution in [-0.2, 0) is 9.59 Å². The lowest BCUT2D eigenvalue weighted by molar-refractivity contribution is -0.150. The van der Waals surface area contributed by atoms with E-state index in [0.717, 1.165) is 31.7 Å². The van der Waals surface area contributed by atoms with Crippen molar-refractivity contribution in [3.63, 3.8) is 0 Å². The Labute approximate surface area is 121 Å². The van der Waals surface area contributed by atoms with Gasteiger partial charge in [0.1, 0.15) is 5.54 Å². The normalized spacial score (nSPS) is 31.8. The van der Waals surface area contributed by atoms with E-state index in [1.807, 2.05) is 6.92 Å². The Morgan fingerprint density at radius 1 is 1.20 bits per heavy atom. The van der Waals surface area contributed by atoms with Gasteiger partial charge in [0.25, 0.3) is 0 Å². The zero-order valence-corrected chi connectivity index (χ0v) is 12.5. The summed E-state index contributed by atoms with van der Waals surface area (Å²) in [5.41, 5.74) is -0.622. The molecule has 0 radical (unpaired) electrons. The molecule has 1 N–H and O–H groups in total. The van der Waals surface area contributed by atoms with Crippen LogP contribution in [0.5, 0.6) is 0 Å². The topological polar surface area (TPSA) is 49.4 Å². The van der Waals surface area contributed by atoms with E-state index < -0.39 is 5.54 Å². The van der Waals surface area contributed by atoms with Crippen LogP contribution in [0.25, 0.3) is 0 Å². The first-order valence-corrected chi connectivity index (χ1v) is 8.20. The van der Waals surface area contributed by atoms with Crippen LogP contribution in [0.2, 0.25) is 0 Å². The van der Waals surface area contributed by atoms with Gasteiger partial charge in [-0.1, -0.05) is 25.7 Å². The number of nitrogens with one attached hydrogen (secondary N) is 1. The number of carbonyl (C=O) groups excluding carboxylic acids is 2. The SMILES string of the molecule is CC1(C2CC2)NC(=O)CN(CCCC2CCCC2)C1=O. The third-order valence-electron chi connectivity index (χ3n) is 5.37. The molecule has 20 heavy (non-hydrogen) atoms. The van der Waals surface area contributed by atoms with E-state index >= 15 is 0 Å². The summed E-state index contributed by atoms with van der Waals surface area (Å²) in [6, 6.07) is 0. The number of carbonyl (C=O) groups is 2. The summed E-state index contributed by atoms with van der Waals surface area (Å²) in [5, 5.41) is 2.94. The fraction of sp³-hybridized carbons (Fsp3) is 0.875. The van der Waals surface area contributed by atoms with E-state index in [2.05, 4.69) is 5.32 Å². The third kappa shape index (κ3) is 2.70. The molecule has 4 nitrogen and oxygen atoms in total. The molecule has 2 aliphatic carbocycles. The highest BCUT2D eigenvalue weighted by atomic mass is 16.2. The summed E-state index contributed by atoms with van der Waals surface area (Å²) in [6.45, 7) is 2.92. The van der Waals surface area contributed by atoms with Crippen molar-refractivity contribution >= 4 is 11.8 Å². The van der Waals surface area contributed by atoms with Gasteiger partial charge in [-0.2, -0.15) is 0 Å². The fourth-order valence-electron chi connectivity index (χ4n) is 3.94. The average Bonchev–Trinajstić information content (AvgIpc) is 3.15. The van der Waals surface area contributed by atoms with Crippen LogP contribution >= 0.6 is 0 Å². The van der Waals surface area contributed by atoms with Crippen molar-refractivity contribution in [3.8, 4) is 0 Å². The zero-order chi connectivity index (χ0) is 14.2. The van der Waals surface area contributed by atoms with Crippen LogP contribution in [-0.4, -0.2) is 35.3 Å². The summed E-state index contributed by atoms with van der Waals surface area (Å²) in [7, 11) is 0. The molecule has 2 amide bonds. The molecule has 112 valence electrons. The number of rotatable bonds is 5. The number of nitrogens with zero attached hydrogens (tertiary/aromatic N) is 1. The van der Waals surface area contributed by atoms with Crippen LogP contribution in [0.4, 0.5) is 0 Å². The van der Waals surface area contributed by atoms with E-state index in [9.17, 15) is 9.59 Å². The van der Waals surface area contributed by atoms with Crippen molar-refractivity contribution in [3.05, 3.63) is 0 Å². The Hall–Kier alpha value is -1.06. The van der Waals surface area contributed by atoms with E-state index in [1.54, 1.807) is 4.90 Å². The van der Waals surface area contributed by atoms with Crippen molar-refractivity contribution < 1.29 is 9.59 Å². The lowest BCUT2D eigenvalue weighted by Crippen LogP contribution is -2.66. The molecular formula is C16H26N2O2. The Bertz CT molecular complexity index is 399. The van der Waals surface area contributed by atoms with Gasteiger partial charge in [0.15, 0.2) is 0 Å². The molecule has 3 aliphatic rings. The van der Waals surface area contributed by atoms with Crippen LogP contribution in [0, 0.1) is 11.8 Å². The highest BCUT2D eigenvalue weighted by Crippen LogP contribution is 2.41. The summed E-state index contributed by atoms with van der Waals surface area (Å²) < 4.78 is 0. The van der Waals surface area contributed by atoms with E-state index in [4.69, 9.17) is 0 Å². The molecule has 2 saturated carbocycles. The molecule has 0 aromatic rings. The Morgan fingerprint density at radius 3 is 2.55 bits per heavy atom. The van der Waals surface area contributed by atoms with Crippen LogP contribution < -0.4 is 5.32 Å². The van der Waals surface area contributed by atoms with Gasteiger partial charge in [-0.3, -0.25) is 9.59 Å². The lowest BCUT2D eigenvalue weighted by Gasteiger charge is -2.40. The molecule has 1 aliphatic heterocycles. The Morgan fingerprint density at radius 2 is 1.90 bits per heavy atom. The molecule has 0 aromatic carbocycles. The van der Waals surface area contributed by atoms with Gasteiger partial charge in [-0.15, -0.1) is 0 Å². The molecule has 1 unspecified atom stereocenters. The standard InChI is InChI=1S/C16H26N2O2/c1-16(13-8-9-13)15(20)18(11-14(19)17-16)10-4-7-12-5-2-3-6-12/h12-13H,2-11H2,1H3,(H,17,19).